The van der Waals surface area contributed by atoms with Crippen molar-refractivity contribution in [2.75, 3.05) is 20.8 Å². The average Bonchev–Trinajstić information content (AvgIpc) is 2.91. The molecule has 1 N–H and O–H groups in total. The molecule has 6 nitrogen and oxygen atoms in total. The van der Waals surface area contributed by atoms with Crippen LogP contribution in [0.3, 0.4) is 0 Å². The Labute approximate surface area is 128 Å². The van der Waals surface area contributed by atoms with Crippen molar-refractivity contribution in [3.8, 4) is 5.75 Å². The molecule has 1 aromatic heterocycles. The van der Waals surface area contributed by atoms with Gasteiger partial charge >= 0.3 is 5.97 Å². The second-order valence-electron chi connectivity index (χ2n) is 4.87. The number of carbonyl (C=O) groups is 2. The molecule has 0 aliphatic rings. The Bertz CT molecular complexity index is 689. The molecule has 0 amide bonds. The molecule has 0 unspecified atom stereocenters. The van der Waals surface area contributed by atoms with E-state index in [1.54, 1.807) is 25.4 Å². The van der Waals surface area contributed by atoms with E-state index in [0.29, 0.717) is 29.7 Å². The van der Waals surface area contributed by atoms with Crippen LogP contribution >= 0.6 is 0 Å². The standard InChI is InChI=1S/C16H19NO5/c1-21-11-5-6-14-12(9-11)13(15(19)16(20)22-2)10-17(14)7-3-4-8-18/h5-6,9-10,18H,3-4,7-8H2,1-2H3. The fourth-order valence-corrected chi connectivity index (χ4v) is 2.37. The smallest absolute Gasteiger partial charge is 0.379 e. The summed E-state index contributed by atoms with van der Waals surface area (Å²) in [7, 11) is 2.72. The predicted octanol–water partition coefficient (Wildman–Crippen LogP) is 1.78. The Hall–Kier alpha value is -2.34. The molecule has 0 atom stereocenters. The van der Waals surface area contributed by atoms with Gasteiger partial charge in [0.05, 0.1) is 19.8 Å². The topological polar surface area (TPSA) is 77.8 Å². The summed E-state index contributed by atoms with van der Waals surface area (Å²) in [5.41, 5.74) is 1.13. The first-order valence-corrected chi connectivity index (χ1v) is 7.02. The number of aliphatic hydroxyl groups excluding tert-OH is 1. The summed E-state index contributed by atoms with van der Waals surface area (Å²) < 4.78 is 11.6. The normalized spacial score (nSPS) is 10.7. The molecule has 2 rings (SSSR count). The minimum Gasteiger partial charge on any atom is -0.497 e. The average molecular weight is 305 g/mol. The van der Waals surface area contributed by atoms with Gasteiger partial charge in [-0.3, -0.25) is 4.79 Å². The van der Waals surface area contributed by atoms with Crippen LogP contribution in [0, 0.1) is 0 Å². The van der Waals surface area contributed by atoms with Gasteiger partial charge in [-0.1, -0.05) is 0 Å². The molecule has 0 radical (unpaired) electrons. The SMILES string of the molecule is COC(=O)C(=O)c1cn(CCCCO)c2ccc(OC)cc12. The largest absolute Gasteiger partial charge is 0.497 e. The molecule has 1 aromatic carbocycles. The minimum atomic E-state index is -0.891. The number of ether oxygens (including phenoxy) is 2. The maximum absolute atomic E-state index is 12.2. The van der Waals surface area contributed by atoms with E-state index in [4.69, 9.17) is 9.84 Å². The third-order valence-corrected chi connectivity index (χ3v) is 3.51. The molecule has 1 heterocycles. The van der Waals surface area contributed by atoms with Gasteiger partial charge in [0.15, 0.2) is 0 Å². The lowest BCUT2D eigenvalue weighted by Gasteiger charge is -2.05. The summed E-state index contributed by atoms with van der Waals surface area (Å²) in [6.07, 6.45) is 3.11. The van der Waals surface area contributed by atoms with Crippen LogP contribution in [-0.2, 0) is 16.1 Å². The quantitative estimate of drug-likeness (QED) is 0.365. The van der Waals surface area contributed by atoms with Gasteiger partial charge in [0.2, 0.25) is 0 Å². The van der Waals surface area contributed by atoms with E-state index >= 15 is 0 Å². The summed E-state index contributed by atoms with van der Waals surface area (Å²) in [5.74, 6) is -0.960. The van der Waals surface area contributed by atoms with Gasteiger partial charge in [0, 0.05) is 30.3 Å². The number of aryl methyl sites for hydroxylation is 1. The number of hydrogen-bond donors (Lipinski definition) is 1. The first-order chi connectivity index (χ1) is 10.6. The van der Waals surface area contributed by atoms with Crippen LogP contribution in [0.1, 0.15) is 23.2 Å². The maximum atomic E-state index is 12.2. The Kier molecular flexibility index (Phi) is 5.16. The monoisotopic (exact) mass is 305 g/mol. The zero-order valence-corrected chi connectivity index (χ0v) is 12.7. The summed E-state index contributed by atoms with van der Waals surface area (Å²) in [5, 5.41) is 9.53. The number of methoxy groups -OCH3 is 2. The van der Waals surface area contributed by atoms with Gasteiger partial charge in [-0.2, -0.15) is 0 Å². The zero-order chi connectivity index (χ0) is 16.1. The van der Waals surface area contributed by atoms with Crippen molar-refractivity contribution in [2.24, 2.45) is 0 Å². The zero-order valence-electron chi connectivity index (χ0n) is 12.7. The maximum Gasteiger partial charge on any atom is 0.379 e. The van der Waals surface area contributed by atoms with Crippen LogP contribution in [0.15, 0.2) is 24.4 Å². The molecule has 2 aromatic rings. The Balaban J connectivity index is 2.49. The highest BCUT2D eigenvalue weighted by Crippen LogP contribution is 2.27. The Morgan fingerprint density at radius 2 is 2.00 bits per heavy atom. The highest BCUT2D eigenvalue weighted by atomic mass is 16.5. The second kappa shape index (κ2) is 7.09. The number of rotatable bonds is 7. The van der Waals surface area contributed by atoms with Crippen LogP contribution in [0.5, 0.6) is 5.75 Å². The molecule has 0 aliphatic carbocycles. The van der Waals surface area contributed by atoms with Crippen molar-refractivity contribution in [1.82, 2.24) is 4.57 Å². The van der Waals surface area contributed by atoms with E-state index in [1.807, 2.05) is 10.6 Å². The van der Waals surface area contributed by atoms with Crippen molar-refractivity contribution in [1.29, 1.82) is 0 Å². The number of carbonyl (C=O) groups excluding carboxylic acids is 2. The first-order valence-electron chi connectivity index (χ1n) is 7.02. The van der Waals surface area contributed by atoms with E-state index in [9.17, 15) is 9.59 Å². The summed E-state index contributed by atoms with van der Waals surface area (Å²) in [6.45, 7) is 0.777. The molecule has 0 aliphatic heterocycles. The molecule has 0 bridgehead atoms. The molecule has 22 heavy (non-hydrogen) atoms. The number of hydrogen-bond acceptors (Lipinski definition) is 5. The van der Waals surface area contributed by atoms with Crippen molar-refractivity contribution in [3.05, 3.63) is 30.0 Å². The number of benzene rings is 1. The summed E-state index contributed by atoms with van der Waals surface area (Å²) >= 11 is 0. The molecular weight excluding hydrogens is 286 g/mol. The fourth-order valence-electron chi connectivity index (χ4n) is 2.37. The third kappa shape index (κ3) is 3.12. The number of aliphatic hydroxyl groups is 1. The molecular formula is C16H19NO5. The van der Waals surface area contributed by atoms with E-state index in [-0.39, 0.29) is 6.61 Å². The van der Waals surface area contributed by atoms with Crippen molar-refractivity contribution < 1.29 is 24.2 Å². The number of Topliss-reactive ketones (excluding diaryl/α,β-unsaturated/α-hetero) is 1. The lowest BCUT2D eigenvalue weighted by Crippen LogP contribution is -2.15. The fraction of sp³-hybridized carbons (Fsp3) is 0.375. The van der Waals surface area contributed by atoms with Crippen LogP contribution in [-0.4, -0.2) is 42.3 Å². The van der Waals surface area contributed by atoms with Gasteiger partial charge in [-0.15, -0.1) is 0 Å². The number of nitrogens with zero attached hydrogens (tertiary/aromatic N) is 1. The van der Waals surface area contributed by atoms with E-state index in [2.05, 4.69) is 4.74 Å². The number of aromatic nitrogens is 1. The summed E-state index contributed by atoms with van der Waals surface area (Å²) in [4.78, 5) is 23.7. The Morgan fingerprint density at radius 3 is 2.64 bits per heavy atom. The number of unbranched alkanes of at least 4 members (excludes halogenated alkanes) is 1. The van der Waals surface area contributed by atoms with Crippen molar-refractivity contribution in [3.63, 3.8) is 0 Å². The molecule has 6 heteroatoms. The van der Waals surface area contributed by atoms with Gasteiger partial charge in [0.1, 0.15) is 5.75 Å². The molecule has 0 fully saturated rings. The number of ketones is 1. The number of esters is 1. The van der Waals surface area contributed by atoms with Crippen molar-refractivity contribution >= 4 is 22.7 Å². The van der Waals surface area contributed by atoms with E-state index < -0.39 is 11.8 Å². The minimum absolute atomic E-state index is 0.126. The summed E-state index contributed by atoms with van der Waals surface area (Å²) in [6, 6.07) is 5.38. The number of fused-ring (bicyclic) bond motifs is 1. The van der Waals surface area contributed by atoms with Gasteiger partial charge in [0.25, 0.3) is 5.78 Å². The molecule has 118 valence electrons. The van der Waals surface area contributed by atoms with Gasteiger partial charge in [-0.25, -0.2) is 4.79 Å². The molecule has 0 spiro atoms. The van der Waals surface area contributed by atoms with Crippen molar-refractivity contribution in [2.45, 2.75) is 19.4 Å². The van der Waals surface area contributed by atoms with Gasteiger partial charge < -0.3 is 19.1 Å². The second-order valence-corrected chi connectivity index (χ2v) is 4.87. The predicted molar refractivity (Wildman–Crippen MR) is 81.2 cm³/mol. The molecule has 0 saturated carbocycles. The Morgan fingerprint density at radius 1 is 1.23 bits per heavy atom. The lowest BCUT2D eigenvalue weighted by atomic mass is 10.1. The van der Waals surface area contributed by atoms with Crippen LogP contribution in [0.2, 0.25) is 0 Å². The lowest BCUT2D eigenvalue weighted by molar-refractivity contribution is -0.135. The van der Waals surface area contributed by atoms with E-state index in [0.717, 1.165) is 11.9 Å². The first kappa shape index (κ1) is 16.0. The van der Waals surface area contributed by atoms with E-state index in [1.165, 1.54) is 7.11 Å². The third-order valence-electron chi connectivity index (χ3n) is 3.51. The van der Waals surface area contributed by atoms with Crippen LogP contribution in [0.4, 0.5) is 0 Å². The molecule has 0 saturated heterocycles. The van der Waals surface area contributed by atoms with Gasteiger partial charge in [-0.05, 0) is 31.0 Å². The highest BCUT2D eigenvalue weighted by molar-refractivity contribution is 6.43. The highest BCUT2D eigenvalue weighted by Gasteiger charge is 2.22. The van der Waals surface area contributed by atoms with Crippen LogP contribution < -0.4 is 4.74 Å². The van der Waals surface area contributed by atoms with Crippen LogP contribution in [0.25, 0.3) is 10.9 Å².